The summed E-state index contributed by atoms with van der Waals surface area (Å²) >= 11 is 0. The molecule has 4 aromatic rings. The maximum absolute atomic E-state index is 12.7. The molecule has 0 aromatic heterocycles. The van der Waals surface area contributed by atoms with E-state index in [9.17, 15) is 25.2 Å². The van der Waals surface area contributed by atoms with Gasteiger partial charge in [-0.05, 0) is 211 Å². The Bertz CT molecular complexity index is 4490. The molecule has 4 saturated heterocycles. The molecule has 24 aliphatic rings. The van der Waals surface area contributed by atoms with Crippen LogP contribution >= 0.6 is 0 Å². The highest BCUT2D eigenvalue weighted by Gasteiger charge is 2.83. The molecule has 13 nitrogen and oxygen atoms in total. The van der Waals surface area contributed by atoms with Gasteiger partial charge in [-0.1, -0.05) is 119 Å². The van der Waals surface area contributed by atoms with Gasteiger partial charge in [-0.15, -0.1) is 0 Å². The standard InChI is InChI=1S/C23H27NO2.2C22H24N2O.C22H25NO3/c1-13-5-6-15-11-17-22-8-7-21(3,16(12-22)14(2)25)20-23(22,9-10-24(17)4)18(15)19(13)26-20;2*1-13-4-5-14-10-16-21-7-6-20(2,15(11-21)12-23)19-22(21,8-9-24(16)3)17(14)18(13)25-19;1-12(24)14-11-21-7-6-20(14,2)19-22(21)8-9-23(3)16(21)10-13-4-5-15(25)18(26-19)17(13)22/h5-8,16-17,20H,9-12H2,1-4H3;2*4-7,15-16,19H,8-11H2,1-3H3;4-7,14,16,19,25H,8-11H2,1-3H3/t16-,17+,20-,21-,22+,23-;15-,16+,19-,20-,21+,22-;15-,16-,19+,20+,21-,22+;14-,16+,19-,20-,21+,22-/m0010/s1. The molecule has 8 fully saturated rings. The van der Waals surface area contributed by atoms with Gasteiger partial charge in [-0.25, -0.2) is 0 Å². The lowest BCUT2D eigenvalue weighted by Crippen LogP contribution is -2.76. The van der Waals surface area contributed by atoms with E-state index in [-0.39, 0.29) is 125 Å². The fourth-order valence-electron chi connectivity index (χ4n) is 30.1. The summed E-state index contributed by atoms with van der Waals surface area (Å²) in [7, 11) is 9.04. The molecule has 528 valence electrons. The molecule has 102 heavy (non-hydrogen) atoms. The molecule has 8 aliphatic heterocycles. The van der Waals surface area contributed by atoms with Crippen LogP contribution in [0.4, 0.5) is 0 Å². The number of rotatable bonds is 2. The SMILES string of the molecule is CC(=O)[C@@H]1C[C@@]23C=C[C@]1(C)[C@@H]1Oc4c(C)ccc5c4[C@@]12CCN(C)[C@@H]3C5.CC(=O)[C@@H]1C[C@@]23C=C[C@]1(C)[C@@H]1Oc4c(O)ccc5c4[C@@]12CCN(C)[C@@H]3C5.Cc1ccc2c3c1O[C@H]1[C@@]4(C)C=C[C@@]5(C[C@@H]4C#N)[C@@H](C2)N(C)CC[C@]315.Cc1ccc2c3c1O[C@H]1[C@@]4(C)C=C[C@@]5(C[C@H]4C#N)[C@@H](C2)N(C)CC[C@]315. The number of piperidine rings is 4. The van der Waals surface area contributed by atoms with Crippen molar-refractivity contribution < 1.29 is 33.6 Å². The molecule has 0 radical (unpaired) electrons. The molecule has 0 amide bonds. The topological polar surface area (TPSA) is 152 Å². The van der Waals surface area contributed by atoms with E-state index in [1.54, 1.807) is 19.9 Å². The molecule has 4 aromatic carbocycles. The number of Topliss-reactive ketones (excluding diaryl/α,β-unsaturated/α-hetero) is 2. The van der Waals surface area contributed by atoms with Gasteiger partial charge in [0.05, 0.1) is 24.0 Å². The summed E-state index contributed by atoms with van der Waals surface area (Å²) in [6, 6.07) is 24.7. The molecule has 16 bridgehead atoms. The molecule has 8 heterocycles. The number of carbonyl (C=O) groups excluding carboxylic acids is 2. The molecule has 4 saturated carbocycles. The summed E-state index contributed by atoms with van der Waals surface area (Å²) in [4.78, 5) is 35.5. The van der Waals surface area contributed by atoms with Gasteiger partial charge in [0.2, 0.25) is 0 Å². The quantitative estimate of drug-likeness (QED) is 0.190. The first kappa shape index (κ1) is 63.5. The molecule has 16 aliphatic carbocycles. The van der Waals surface area contributed by atoms with Crippen LogP contribution in [0.2, 0.25) is 0 Å². The van der Waals surface area contributed by atoms with Gasteiger partial charge in [-0.3, -0.25) is 9.59 Å². The van der Waals surface area contributed by atoms with Crippen molar-refractivity contribution in [2.75, 3.05) is 54.4 Å². The number of fused-ring (bicyclic) bond motifs is 4. The number of ether oxygens (including phenoxy) is 4. The zero-order chi connectivity index (χ0) is 70.5. The molecule has 24 atom stereocenters. The molecule has 8 spiro atoms. The van der Waals surface area contributed by atoms with Crippen molar-refractivity contribution in [3.8, 4) is 40.9 Å². The first-order valence-electron chi connectivity index (χ1n) is 39.0. The maximum Gasteiger partial charge on any atom is 0.165 e. The van der Waals surface area contributed by atoms with E-state index < -0.39 is 0 Å². The van der Waals surface area contributed by atoms with Crippen molar-refractivity contribution >= 4 is 11.6 Å². The Kier molecular flexibility index (Phi) is 12.0. The number of aromatic hydroxyl groups is 1. The van der Waals surface area contributed by atoms with Gasteiger partial charge in [-0.2, -0.15) is 10.5 Å². The predicted molar refractivity (Wildman–Crippen MR) is 389 cm³/mol. The van der Waals surface area contributed by atoms with Crippen LogP contribution in [-0.2, 0) is 56.9 Å². The van der Waals surface area contributed by atoms with Crippen molar-refractivity contribution in [2.24, 2.45) is 67.0 Å². The highest BCUT2D eigenvalue weighted by molar-refractivity contribution is 5.83. The van der Waals surface area contributed by atoms with Gasteiger partial charge < -0.3 is 43.7 Å². The van der Waals surface area contributed by atoms with Crippen LogP contribution in [0.3, 0.4) is 0 Å². The van der Waals surface area contributed by atoms with Crippen LogP contribution in [0.1, 0.15) is 154 Å². The number of hydrogen-bond donors (Lipinski definition) is 1. The Balaban J connectivity index is 0.0000000885. The van der Waals surface area contributed by atoms with Crippen LogP contribution in [0.15, 0.2) is 97.1 Å². The van der Waals surface area contributed by atoms with Crippen molar-refractivity contribution in [3.05, 3.63) is 158 Å². The number of benzene rings is 4. The van der Waals surface area contributed by atoms with E-state index in [1.807, 2.05) is 0 Å². The minimum absolute atomic E-state index is 0.0161. The third kappa shape index (κ3) is 6.46. The van der Waals surface area contributed by atoms with E-state index in [0.717, 1.165) is 120 Å². The summed E-state index contributed by atoms with van der Waals surface area (Å²) in [5.41, 5.74) is 14.6. The molecular formula is C89H100N6O7. The number of hydrogen-bond acceptors (Lipinski definition) is 13. The van der Waals surface area contributed by atoms with E-state index >= 15 is 0 Å². The average Bonchev–Trinajstić information content (AvgIpc) is 1.38. The molecule has 1 N–H and O–H groups in total. The third-order valence-electron chi connectivity index (χ3n) is 34.7. The number of aryl methyl sites for hydroxylation is 3. The molecule has 0 unspecified atom stereocenters. The highest BCUT2D eigenvalue weighted by Crippen LogP contribution is 2.81. The number of carbonyl (C=O) groups is 2. The zero-order valence-corrected chi connectivity index (χ0v) is 62.1. The van der Waals surface area contributed by atoms with E-state index in [1.165, 1.54) is 61.2 Å². The minimum atomic E-state index is -0.311. The first-order chi connectivity index (χ1) is 48.7. The molecule has 13 heteroatoms. The smallest absolute Gasteiger partial charge is 0.165 e. The number of phenols is 1. The number of nitriles is 2. The minimum Gasteiger partial charge on any atom is -0.504 e. The largest absolute Gasteiger partial charge is 0.504 e. The Labute approximate surface area is 602 Å². The third-order valence-corrected chi connectivity index (χ3v) is 34.7. The Morgan fingerprint density at radius 3 is 1.00 bits per heavy atom. The Morgan fingerprint density at radius 2 is 0.686 bits per heavy atom. The molecular weight excluding hydrogens is 1270 g/mol. The van der Waals surface area contributed by atoms with E-state index in [2.05, 4.69) is 199 Å². The predicted octanol–water partition coefficient (Wildman–Crippen LogP) is 13.0. The summed E-state index contributed by atoms with van der Waals surface area (Å²) in [5.74, 6) is 5.09. The lowest BCUT2D eigenvalue weighted by molar-refractivity contribution is -0.172. The van der Waals surface area contributed by atoms with Gasteiger partial charge in [0.1, 0.15) is 53.2 Å². The van der Waals surface area contributed by atoms with Crippen molar-refractivity contribution in [1.82, 2.24) is 19.6 Å². The Morgan fingerprint density at radius 1 is 0.412 bits per heavy atom. The normalized spacial score (nSPS) is 47.4. The number of likely N-dealkylation sites (N-methyl/N-ethyl adjacent to an activating group) is 4. The summed E-state index contributed by atoms with van der Waals surface area (Å²) in [6.07, 6.45) is 32.1. The van der Waals surface area contributed by atoms with Gasteiger partial charge in [0.15, 0.2) is 11.5 Å². The van der Waals surface area contributed by atoms with Crippen LogP contribution in [0.5, 0.6) is 28.7 Å². The maximum atomic E-state index is 12.7. The van der Waals surface area contributed by atoms with Crippen molar-refractivity contribution in [1.29, 1.82) is 10.5 Å². The highest BCUT2D eigenvalue weighted by atomic mass is 16.5. The van der Waals surface area contributed by atoms with Crippen LogP contribution < -0.4 is 18.9 Å². The fraction of sp³-hybridized carbons (Fsp3) is 0.596. The monoisotopic (exact) mass is 1360 g/mol. The average molecular weight is 1370 g/mol. The first-order valence-corrected chi connectivity index (χ1v) is 39.0. The van der Waals surface area contributed by atoms with Crippen LogP contribution in [0.25, 0.3) is 0 Å². The number of phenolic OH excluding ortho intramolecular Hbond substituents is 1. The number of ketones is 2. The second kappa shape index (κ2) is 19.3. The van der Waals surface area contributed by atoms with Crippen molar-refractivity contribution in [3.63, 3.8) is 0 Å². The van der Waals surface area contributed by atoms with Crippen LogP contribution in [0, 0.1) is 110 Å². The lowest BCUT2D eigenvalue weighted by atomic mass is 9.35. The Hall–Kier alpha value is -7.00. The second-order valence-electron chi connectivity index (χ2n) is 37.8. The van der Waals surface area contributed by atoms with E-state index in [4.69, 9.17) is 18.9 Å². The summed E-state index contributed by atoms with van der Waals surface area (Å²) < 4.78 is 27.0. The second-order valence-corrected chi connectivity index (χ2v) is 37.8. The lowest BCUT2D eigenvalue weighted by Gasteiger charge is -2.71. The fourth-order valence-corrected chi connectivity index (χ4v) is 30.1. The number of likely N-dealkylation sites (tertiary alicyclic amines) is 4. The van der Waals surface area contributed by atoms with Gasteiger partial charge >= 0.3 is 0 Å². The summed E-state index contributed by atoms with van der Waals surface area (Å²) in [5, 5.41) is 30.5. The van der Waals surface area contributed by atoms with E-state index in [0.29, 0.717) is 35.7 Å². The zero-order valence-electron chi connectivity index (χ0n) is 62.1. The molecule has 28 rings (SSSR count). The van der Waals surface area contributed by atoms with Gasteiger partial charge in [0.25, 0.3) is 0 Å². The van der Waals surface area contributed by atoms with Crippen molar-refractivity contribution in [2.45, 2.75) is 210 Å². The summed E-state index contributed by atoms with van der Waals surface area (Å²) in [6.45, 7) is 23.5. The number of nitrogens with zero attached hydrogens (tertiary/aromatic N) is 6. The van der Waals surface area contributed by atoms with Gasteiger partial charge in [0, 0.05) is 123 Å². The van der Waals surface area contributed by atoms with Crippen LogP contribution in [-0.4, -0.2) is 139 Å².